The molecular formula is C12H14ClNO5. The third-order valence-corrected chi connectivity index (χ3v) is 3.28. The zero-order valence-electron chi connectivity index (χ0n) is 10.3. The SMILES string of the molecule is CCOC1C(O)CC1Oc1ccc([N+](=O)[O-])c(Cl)c1. The molecule has 0 radical (unpaired) electrons. The molecule has 2 rings (SSSR count). The molecule has 1 aliphatic carbocycles. The number of nitrogens with zero attached hydrogens (tertiary/aromatic N) is 1. The van der Waals surface area contributed by atoms with Crippen molar-refractivity contribution < 1.29 is 19.5 Å². The number of rotatable bonds is 5. The second-order valence-corrected chi connectivity index (χ2v) is 4.66. The Balaban J connectivity index is 2.04. The van der Waals surface area contributed by atoms with Crippen LogP contribution in [0.5, 0.6) is 5.75 Å². The van der Waals surface area contributed by atoms with Gasteiger partial charge < -0.3 is 14.6 Å². The highest BCUT2D eigenvalue weighted by molar-refractivity contribution is 6.32. The van der Waals surface area contributed by atoms with E-state index in [4.69, 9.17) is 21.1 Å². The lowest BCUT2D eigenvalue weighted by Crippen LogP contribution is -2.55. The maximum Gasteiger partial charge on any atom is 0.288 e. The molecule has 3 unspecified atom stereocenters. The predicted octanol–water partition coefficient (Wildman–Crippen LogP) is 2.17. The van der Waals surface area contributed by atoms with Crippen LogP contribution in [0.3, 0.4) is 0 Å². The molecular weight excluding hydrogens is 274 g/mol. The van der Waals surface area contributed by atoms with Crippen LogP contribution in [0.4, 0.5) is 5.69 Å². The van der Waals surface area contributed by atoms with Gasteiger partial charge in [0.25, 0.3) is 5.69 Å². The van der Waals surface area contributed by atoms with E-state index in [0.717, 1.165) is 0 Å². The molecule has 0 aliphatic heterocycles. The van der Waals surface area contributed by atoms with E-state index in [1.54, 1.807) is 0 Å². The average molecular weight is 288 g/mol. The molecule has 1 saturated carbocycles. The molecule has 0 amide bonds. The van der Waals surface area contributed by atoms with Crippen molar-refractivity contribution in [2.45, 2.75) is 31.7 Å². The number of ether oxygens (including phenoxy) is 2. The summed E-state index contributed by atoms with van der Waals surface area (Å²) in [6.45, 7) is 2.33. The van der Waals surface area contributed by atoms with Crippen molar-refractivity contribution in [1.29, 1.82) is 0 Å². The Morgan fingerprint density at radius 2 is 2.32 bits per heavy atom. The van der Waals surface area contributed by atoms with Crippen molar-refractivity contribution in [2.24, 2.45) is 0 Å². The molecule has 19 heavy (non-hydrogen) atoms. The Labute approximate surface area is 115 Å². The second kappa shape index (κ2) is 5.73. The van der Waals surface area contributed by atoms with Crippen LogP contribution in [0.25, 0.3) is 0 Å². The van der Waals surface area contributed by atoms with Crippen LogP contribution in [-0.4, -0.2) is 34.9 Å². The topological polar surface area (TPSA) is 81.8 Å². The third-order valence-electron chi connectivity index (χ3n) is 2.98. The minimum Gasteiger partial charge on any atom is -0.487 e. The van der Waals surface area contributed by atoms with Gasteiger partial charge in [-0.3, -0.25) is 10.1 Å². The number of aliphatic hydroxyl groups is 1. The van der Waals surface area contributed by atoms with Gasteiger partial charge in [-0.15, -0.1) is 0 Å². The van der Waals surface area contributed by atoms with E-state index in [1.807, 2.05) is 6.92 Å². The maximum atomic E-state index is 10.6. The Hall–Kier alpha value is -1.37. The Morgan fingerprint density at radius 3 is 2.84 bits per heavy atom. The lowest BCUT2D eigenvalue weighted by atomic mass is 9.88. The summed E-state index contributed by atoms with van der Waals surface area (Å²) in [5.41, 5.74) is -0.163. The molecule has 1 N–H and O–H groups in total. The van der Waals surface area contributed by atoms with Crippen molar-refractivity contribution in [3.05, 3.63) is 33.3 Å². The molecule has 7 heteroatoms. The van der Waals surface area contributed by atoms with E-state index in [2.05, 4.69) is 0 Å². The van der Waals surface area contributed by atoms with Crippen LogP contribution in [0.15, 0.2) is 18.2 Å². The fourth-order valence-corrected chi connectivity index (χ4v) is 2.21. The lowest BCUT2D eigenvalue weighted by molar-refractivity contribution is -0.384. The number of halogens is 1. The van der Waals surface area contributed by atoms with Crippen molar-refractivity contribution >= 4 is 17.3 Å². The highest BCUT2D eigenvalue weighted by atomic mass is 35.5. The predicted molar refractivity (Wildman–Crippen MR) is 68.6 cm³/mol. The molecule has 1 aliphatic rings. The monoisotopic (exact) mass is 287 g/mol. The molecule has 0 aromatic heterocycles. The van der Waals surface area contributed by atoms with Gasteiger partial charge in [0.2, 0.25) is 0 Å². The molecule has 3 atom stereocenters. The fourth-order valence-electron chi connectivity index (χ4n) is 1.97. The summed E-state index contributed by atoms with van der Waals surface area (Å²) in [6, 6.07) is 4.17. The number of aliphatic hydroxyl groups excluding tert-OH is 1. The zero-order chi connectivity index (χ0) is 14.0. The number of hydrogen-bond donors (Lipinski definition) is 1. The van der Waals surface area contributed by atoms with Crippen LogP contribution in [0.2, 0.25) is 5.02 Å². The van der Waals surface area contributed by atoms with Gasteiger partial charge in [0.1, 0.15) is 23.0 Å². The van der Waals surface area contributed by atoms with Crippen LogP contribution in [-0.2, 0) is 4.74 Å². The van der Waals surface area contributed by atoms with Gasteiger partial charge in [0.15, 0.2) is 0 Å². The van der Waals surface area contributed by atoms with E-state index in [-0.39, 0.29) is 22.9 Å². The highest BCUT2D eigenvalue weighted by Crippen LogP contribution is 2.33. The van der Waals surface area contributed by atoms with E-state index in [0.29, 0.717) is 18.8 Å². The van der Waals surface area contributed by atoms with Gasteiger partial charge in [0.05, 0.1) is 11.0 Å². The Bertz CT molecular complexity index is 481. The average Bonchev–Trinajstić information content (AvgIpc) is 2.35. The number of nitro groups is 1. The second-order valence-electron chi connectivity index (χ2n) is 4.25. The summed E-state index contributed by atoms with van der Waals surface area (Å²) < 4.78 is 11.0. The number of nitro benzene ring substituents is 1. The summed E-state index contributed by atoms with van der Waals surface area (Å²) >= 11 is 5.79. The smallest absolute Gasteiger partial charge is 0.288 e. The van der Waals surface area contributed by atoms with E-state index >= 15 is 0 Å². The standard InChI is InChI=1S/C12H14ClNO5/c1-2-18-12-10(15)6-11(12)19-7-3-4-9(14(16)17)8(13)5-7/h3-5,10-12,15H,2,6H2,1H3. The van der Waals surface area contributed by atoms with Crippen LogP contribution in [0, 0.1) is 10.1 Å². The first kappa shape index (κ1) is 14.0. The lowest BCUT2D eigenvalue weighted by Gasteiger charge is -2.40. The quantitative estimate of drug-likeness (QED) is 0.663. The largest absolute Gasteiger partial charge is 0.487 e. The summed E-state index contributed by atoms with van der Waals surface area (Å²) in [5, 5.41) is 20.2. The van der Waals surface area contributed by atoms with Crippen molar-refractivity contribution in [2.75, 3.05) is 6.61 Å². The molecule has 1 aromatic carbocycles. The molecule has 104 valence electrons. The van der Waals surface area contributed by atoms with E-state index in [9.17, 15) is 15.2 Å². The van der Waals surface area contributed by atoms with Crippen LogP contribution >= 0.6 is 11.6 Å². The molecule has 6 nitrogen and oxygen atoms in total. The minimum absolute atomic E-state index is 0.0235. The molecule has 0 heterocycles. The van der Waals surface area contributed by atoms with Gasteiger partial charge in [0, 0.05) is 25.2 Å². The summed E-state index contributed by atoms with van der Waals surface area (Å²) in [4.78, 5) is 10.1. The maximum absolute atomic E-state index is 10.6. The van der Waals surface area contributed by atoms with Gasteiger partial charge in [-0.2, -0.15) is 0 Å². The first-order valence-electron chi connectivity index (χ1n) is 5.93. The van der Waals surface area contributed by atoms with E-state index in [1.165, 1.54) is 18.2 Å². The van der Waals surface area contributed by atoms with Gasteiger partial charge >= 0.3 is 0 Å². The summed E-state index contributed by atoms with van der Waals surface area (Å²) in [7, 11) is 0. The van der Waals surface area contributed by atoms with Crippen molar-refractivity contribution in [3.63, 3.8) is 0 Å². The molecule has 1 fully saturated rings. The zero-order valence-corrected chi connectivity index (χ0v) is 11.0. The van der Waals surface area contributed by atoms with Crippen molar-refractivity contribution in [1.82, 2.24) is 0 Å². The molecule has 1 aromatic rings. The minimum atomic E-state index is -0.553. The summed E-state index contributed by atoms with van der Waals surface area (Å²) in [5.74, 6) is 0.428. The van der Waals surface area contributed by atoms with Crippen LogP contribution < -0.4 is 4.74 Å². The first-order chi connectivity index (χ1) is 9.02. The normalized spacial score (nSPS) is 25.7. The Kier molecular flexibility index (Phi) is 4.24. The highest BCUT2D eigenvalue weighted by Gasteiger charge is 2.42. The van der Waals surface area contributed by atoms with E-state index < -0.39 is 11.0 Å². The van der Waals surface area contributed by atoms with Gasteiger partial charge in [-0.25, -0.2) is 0 Å². The molecule has 0 spiro atoms. The molecule has 0 saturated heterocycles. The van der Waals surface area contributed by atoms with Crippen molar-refractivity contribution in [3.8, 4) is 5.75 Å². The number of hydrogen-bond acceptors (Lipinski definition) is 5. The number of benzene rings is 1. The fraction of sp³-hybridized carbons (Fsp3) is 0.500. The first-order valence-corrected chi connectivity index (χ1v) is 6.31. The van der Waals surface area contributed by atoms with Gasteiger partial charge in [-0.05, 0) is 13.0 Å². The van der Waals surface area contributed by atoms with Crippen LogP contribution in [0.1, 0.15) is 13.3 Å². The van der Waals surface area contributed by atoms with Gasteiger partial charge in [-0.1, -0.05) is 11.6 Å². The molecule has 0 bridgehead atoms. The Morgan fingerprint density at radius 1 is 1.58 bits per heavy atom. The summed E-state index contributed by atoms with van der Waals surface area (Å²) in [6.07, 6.45) is -0.677. The third kappa shape index (κ3) is 2.97.